The van der Waals surface area contributed by atoms with Crippen LogP contribution < -0.4 is 25.9 Å². The number of primary amides is 1. The molecule has 28 heavy (non-hydrogen) atoms. The van der Waals surface area contributed by atoms with Crippen molar-refractivity contribution in [1.29, 1.82) is 0 Å². The number of nitrogens with two attached hydrogens (primary N) is 1. The Morgan fingerprint density at radius 1 is 1.14 bits per heavy atom. The zero-order valence-electron chi connectivity index (χ0n) is 14.8. The van der Waals surface area contributed by atoms with Crippen LogP contribution in [-0.4, -0.2) is 37.7 Å². The Kier molecular flexibility index (Phi) is 7.35. The number of methoxy groups -OCH3 is 1. The molecule has 2 aromatic rings. The van der Waals surface area contributed by atoms with Gasteiger partial charge in [-0.3, -0.25) is 14.4 Å². The van der Waals surface area contributed by atoms with Gasteiger partial charge < -0.3 is 20.5 Å². The number of anilines is 1. The van der Waals surface area contributed by atoms with E-state index in [1.165, 1.54) is 19.4 Å². The largest absolute Gasteiger partial charge is 0.495 e. The molecule has 0 aromatic heterocycles. The summed E-state index contributed by atoms with van der Waals surface area (Å²) in [4.78, 5) is 34.3. The number of ether oxygens (including phenoxy) is 2. The molecule has 0 radical (unpaired) electrons. The number of carbonyl (C=O) groups excluding carboxylic acids is 3. The first kappa shape index (κ1) is 20.7. The van der Waals surface area contributed by atoms with Gasteiger partial charge in [0, 0.05) is 5.69 Å². The number of hydrogen-bond donors (Lipinski definition) is 3. The van der Waals surface area contributed by atoms with E-state index >= 15 is 0 Å². The number of hydrazone groups is 1. The summed E-state index contributed by atoms with van der Waals surface area (Å²) in [6, 6.07) is 11.1. The molecule has 9 nitrogen and oxygen atoms in total. The minimum atomic E-state index is -0.954. The molecule has 2 aromatic carbocycles. The second kappa shape index (κ2) is 9.93. The lowest BCUT2D eigenvalue weighted by atomic mass is 10.2. The first-order valence-electron chi connectivity index (χ1n) is 7.88. The number of benzene rings is 2. The van der Waals surface area contributed by atoms with Gasteiger partial charge in [0.15, 0.2) is 6.61 Å². The molecular weight excluding hydrogens is 388 g/mol. The van der Waals surface area contributed by atoms with Gasteiger partial charge in [-0.05, 0) is 48.0 Å². The maximum absolute atomic E-state index is 11.9. The average Bonchev–Trinajstić information content (AvgIpc) is 2.67. The molecule has 4 N–H and O–H groups in total. The van der Waals surface area contributed by atoms with E-state index in [9.17, 15) is 14.4 Å². The van der Waals surface area contributed by atoms with Crippen LogP contribution in [0.4, 0.5) is 5.69 Å². The Balaban J connectivity index is 1.86. The maximum atomic E-state index is 11.9. The third kappa shape index (κ3) is 6.29. The maximum Gasteiger partial charge on any atom is 0.329 e. The van der Waals surface area contributed by atoms with Crippen molar-refractivity contribution in [3.8, 4) is 11.5 Å². The van der Waals surface area contributed by atoms with Crippen LogP contribution in [0, 0.1) is 0 Å². The minimum absolute atomic E-state index is 0.224. The Hall–Kier alpha value is -3.59. The molecule has 0 fully saturated rings. The van der Waals surface area contributed by atoms with Crippen LogP contribution in [0.15, 0.2) is 47.6 Å². The number of amides is 3. The Labute approximate surface area is 165 Å². The second-order valence-corrected chi connectivity index (χ2v) is 5.73. The SMILES string of the molecule is COc1ccc(NC(=O)C(=O)N/N=C\c2ccc(OCC(N)=O)cc2)cc1Cl. The van der Waals surface area contributed by atoms with Gasteiger partial charge in [0.05, 0.1) is 18.3 Å². The van der Waals surface area contributed by atoms with Gasteiger partial charge in [0.2, 0.25) is 0 Å². The van der Waals surface area contributed by atoms with Crippen molar-refractivity contribution < 1.29 is 23.9 Å². The van der Waals surface area contributed by atoms with Gasteiger partial charge in [0.25, 0.3) is 5.91 Å². The van der Waals surface area contributed by atoms with Gasteiger partial charge in [-0.2, -0.15) is 5.10 Å². The van der Waals surface area contributed by atoms with Crippen LogP contribution >= 0.6 is 11.6 Å². The summed E-state index contributed by atoms with van der Waals surface area (Å²) in [5, 5.41) is 6.39. The summed E-state index contributed by atoms with van der Waals surface area (Å²) in [5.41, 5.74) is 8.07. The van der Waals surface area contributed by atoms with Crippen molar-refractivity contribution in [2.45, 2.75) is 0 Å². The summed E-state index contributed by atoms with van der Waals surface area (Å²) in [5.74, 6) is -1.54. The highest BCUT2D eigenvalue weighted by Crippen LogP contribution is 2.27. The third-order valence-corrected chi connectivity index (χ3v) is 3.55. The van der Waals surface area contributed by atoms with Gasteiger partial charge >= 0.3 is 11.8 Å². The van der Waals surface area contributed by atoms with E-state index < -0.39 is 17.7 Å². The topological polar surface area (TPSA) is 132 Å². The Morgan fingerprint density at radius 2 is 1.86 bits per heavy atom. The third-order valence-electron chi connectivity index (χ3n) is 3.26. The molecule has 0 heterocycles. The molecule has 146 valence electrons. The zero-order valence-corrected chi connectivity index (χ0v) is 15.5. The quantitative estimate of drug-likeness (QED) is 0.363. The first-order chi connectivity index (χ1) is 13.4. The molecule has 0 aliphatic rings. The van der Waals surface area contributed by atoms with E-state index in [1.807, 2.05) is 0 Å². The van der Waals surface area contributed by atoms with Crippen molar-refractivity contribution >= 4 is 41.2 Å². The highest BCUT2D eigenvalue weighted by molar-refractivity contribution is 6.40. The van der Waals surface area contributed by atoms with E-state index in [-0.39, 0.29) is 6.61 Å². The highest BCUT2D eigenvalue weighted by atomic mass is 35.5. The number of nitrogens with one attached hydrogen (secondary N) is 2. The molecule has 0 saturated carbocycles. The fraction of sp³-hybridized carbons (Fsp3) is 0.111. The minimum Gasteiger partial charge on any atom is -0.495 e. The molecule has 0 bridgehead atoms. The van der Waals surface area contributed by atoms with Crippen molar-refractivity contribution in [2.24, 2.45) is 10.8 Å². The summed E-state index contributed by atoms with van der Waals surface area (Å²) < 4.78 is 10.1. The Bertz CT molecular complexity index is 899. The smallest absolute Gasteiger partial charge is 0.329 e. The summed E-state index contributed by atoms with van der Waals surface area (Å²) in [6.07, 6.45) is 1.34. The fourth-order valence-electron chi connectivity index (χ4n) is 1.95. The lowest BCUT2D eigenvalue weighted by Gasteiger charge is -2.07. The van der Waals surface area contributed by atoms with E-state index in [4.69, 9.17) is 26.8 Å². The van der Waals surface area contributed by atoms with E-state index in [1.54, 1.807) is 36.4 Å². The van der Waals surface area contributed by atoms with E-state index in [0.717, 1.165) is 0 Å². The standard InChI is InChI=1S/C18H17ClN4O5/c1-27-15-7-4-12(8-14(15)19)22-17(25)18(26)23-21-9-11-2-5-13(6-3-11)28-10-16(20)24/h2-9H,10H2,1H3,(H2,20,24)(H,22,25)(H,23,26)/b21-9-. The number of halogens is 1. The molecule has 0 atom stereocenters. The fourth-order valence-corrected chi connectivity index (χ4v) is 2.21. The first-order valence-corrected chi connectivity index (χ1v) is 8.26. The van der Waals surface area contributed by atoms with Crippen molar-refractivity contribution in [1.82, 2.24) is 5.43 Å². The Morgan fingerprint density at radius 3 is 2.46 bits per heavy atom. The van der Waals surface area contributed by atoms with Crippen LogP contribution in [0.1, 0.15) is 5.56 Å². The second-order valence-electron chi connectivity index (χ2n) is 5.33. The van der Waals surface area contributed by atoms with Crippen LogP contribution in [0.25, 0.3) is 0 Å². The van der Waals surface area contributed by atoms with Crippen molar-refractivity contribution in [2.75, 3.05) is 19.0 Å². The number of hydrogen-bond acceptors (Lipinski definition) is 6. The molecule has 2 rings (SSSR count). The monoisotopic (exact) mass is 404 g/mol. The van der Waals surface area contributed by atoms with Crippen molar-refractivity contribution in [3.63, 3.8) is 0 Å². The molecule has 0 aliphatic heterocycles. The van der Waals surface area contributed by atoms with E-state index in [2.05, 4.69) is 15.8 Å². The summed E-state index contributed by atoms with van der Waals surface area (Å²) >= 11 is 5.96. The van der Waals surface area contributed by atoms with Crippen LogP contribution in [0.3, 0.4) is 0 Å². The summed E-state index contributed by atoms with van der Waals surface area (Å²) in [7, 11) is 1.46. The molecule has 10 heteroatoms. The predicted molar refractivity (Wildman–Crippen MR) is 104 cm³/mol. The number of nitrogens with zero attached hydrogens (tertiary/aromatic N) is 1. The normalized spacial score (nSPS) is 10.4. The van der Waals surface area contributed by atoms with Gasteiger partial charge in [-0.15, -0.1) is 0 Å². The average molecular weight is 405 g/mol. The van der Waals surface area contributed by atoms with Crippen LogP contribution in [0.2, 0.25) is 5.02 Å². The molecule has 0 saturated heterocycles. The lowest BCUT2D eigenvalue weighted by Crippen LogP contribution is -2.32. The van der Waals surface area contributed by atoms with Crippen LogP contribution in [-0.2, 0) is 14.4 Å². The molecule has 0 spiro atoms. The van der Waals surface area contributed by atoms with Gasteiger partial charge in [0.1, 0.15) is 11.5 Å². The molecular formula is C18H17ClN4O5. The van der Waals surface area contributed by atoms with Gasteiger partial charge in [-0.1, -0.05) is 11.6 Å². The number of carbonyl (C=O) groups is 3. The molecule has 0 aliphatic carbocycles. The van der Waals surface area contributed by atoms with Crippen molar-refractivity contribution in [3.05, 3.63) is 53.1 Å². The van der Waals surface area contributed by atoms with E-state index in [0.29, 0.717) is 27.8 Å². The zero-order chi connectivity index (χ0) is 20.5. The molecule has 0 unspecified atom stereocenters. The number of rotatable bonds is 7. The van der Waals surface area contributed by atoms with Crippen LogP contribution in [0.5, 0.6) is 11.5 Å². The summed E-state index contributed by atoms with van der Waals surface area (Å²) in [6.45, 7) is -0.224. The van der Waals surface area contributed by atoms with Gasteiger partial charge in [-0.25, -0.2) is 5.43 Å². The molecule has 3 amide bonds. The predicted octanol–water partition coefficient (Wildman–Crippen LogP) is 1.30. The lowest BCUT2D eigenvalue weighted by molar-refractivity contribution is -0.136. The highest BCUT2D eigenvalue weighted by Gasteiger charge is 2.13.